The summed E-state index contributed by atoms with van der Waals surface area (Å²) in [6.45, 7) is 0. The first kappa shape index (κ1) is 9.21. The van der Waals surface area contributed by atoms with E-state index < -0.39 is 17.1 Å². The van der Waals surface area contributed by atoms with Crippen LogP contribution >= 0.6 is 0 Å². The summed E-state index contributed by atoms with van der Waals surface area (Å²) in [5.41, 5.74) is 0. The molecule has 0 radical (unpaired) electrons. The Bertz CT molecular complexity index is 264. The van der Waals surface area contributed by atoms with Crippen LogP contribution in [0.1, 0.15) is 12.8 Å². The molecule has 0 N–H and O–H groups in total. The van der Waals surface area contributed by atoms with E-state index in [-0.39, 0.29) is 0 Å². The van der Waals surface area contributed by atoms with Gasteiger partial charge in [-0.15, -0.1) is 0 Å². The zero-order chi connectivity index (χ0) is 9.10. The fourth-order valence-electron chi connectivity index (χ4n) is 1.57. The Labute approximate surface area is 87.1 Å². The van der Waals surface area contributed by atoms with Crippen LogP contribution in [0.3, 0.4) is 0 Å². The normalized spacial score (nSPS) is 15.2. The number of methoxy groups -OCH3 is 1. The molecule has 0 atom stereocenters. The predicted molar refractivity (Wildman–Crippen MR) is 50.2 cm³/mol. The first-order chi connectivity index (χ1) is 6.38. The number of ether oxygens (including phenoxy) is 1. The minimum atomic E-state index is -0.398. The molecule has 0 spiro atoms. The van der Waals surface area contributed by atoms with Crippen LogP contribution in [0, 0.1) is 5.92 Å². The topological polar surface area (TPSA) is 9.23 Å². The van der Waals surface area contributed by atoms with E-state index in [2.05, 4.69) is 24.3 Å². The third kappa shape index (κ3) is 2.81. The average molecular weight is 228 g/mol. The van der Waals surface area contributed by atoms with Gasteiger partial charge in [-0.25, -0.2) is 0 Å². The van der Waals surface area contributed by atoms with Crippen LogP contribution in [-0.2, 0) is 17.1 Å². The summed E-state index contributed by atoms with van der Waals surface area (Å²) in [6, 6.07) is 8.68. The Morgan fingerprint density at radius 3 is 2.54 bits per heavy atom. The second kappa shape index (κ2) is 4.24. The molecule has 0 bridgehead atoms. The molecule has 2 heteroatoms. The molecule has 0 aliphatic heterocycles. The molecular formula is C11H14OZn. The molecule has 0 unspecified atom stereocenters. The molecule has 1 nitrogen and oxygen atoms in total. The van der Waals surface area contributed by atoms with Crippen molar-refractivity contribution in [3.05, 3.63) is 24.3 Å². The third-order valence-electron chi connectivity index (χ3n) is 2.70. The van der Waals surface area contributed by atoms with Crippen LogP contribution in [-0.4, -0.2) is 7.11 Å². The van der Waals surface area contributed by atoms with E-state index in [0.717, 1.165) is 11.7 Å². The van der Waals surface area contributed by atoms with Crippen LogP contribution in [0.4, 0.5) is 0 Å². The van der Waals surface area contributed by atoms with Crippen molar-refractivity contribution >= 4 is 4.16 Å². The molecule has 1 saturated carbocycles. The van der Waals surface area contributed by atoms with Gasteiger partial charge in [0.05, 0.1) is 0 Å². The van der Waals surface area contributed by atoms with Gasteiger partial charge in [0, 0.05) is 0 Å². The summed E-state index contributed by atoms with van der Waals surface area (Å²) in [6.07, 6.45) is 3.00. The Morgan fingerprint density at radius 1 is 1.31 bits per heavy atom. The van der Waals surface area contributed by atoms with E-state index in [1.807, 2.05) is 0 Å². The molecular weight excluding hydrogens is 214 g/mol. The Morgan fingerprint density at radius 2 is 2.00 bits per heavy atom. The molecule has 13 heavy (non-hydrogen) atoms. The molecule has 0 amide bonds. The van der Waals surface area contributed by atoms with E-state index in [0.29, 0.717) is 0 Å². The van der Waals surface area contributed by atoms with Gasteiger partial charge in [-0.2, -0.15) is 0 Å². The van der Waals surface area contributed by atoms with Gasteiger partial charge in [0.2, 0.25) is 0 Å². The molecule has 0 heterocycles. The van der Waals surface area contributed by atoms with E-state index in [4.69, 9.17) is 4.74 Å². The number of hydrogen-bond acceptors (Lipinski definition) is 1. The van der Waals surface area contributed by atoms with Crippen molar-refractivity contribution in [3.63, 3.8) is 0 Å². The summed E-state index contributed by atoms with van der Waals surface area (Å²) in [7, 11) is 1.72. The van der Waals surface area contributed by atoms with Crippen molar-refractivity contribution in [2.75, 3.05) is 7.11 Å². The molecule has 66 valence electrons. The van der Waals surface area contributed by atoms with Crippen LogP contribution in [0.2, 0.25) is 5.02 Å². The molecule has 0 saturated heterocycles. The van der Waals surface area contributed by atoms with Crippen LogP contribution in [0.25, 0.3) is 0 Å². The van der Waals surface area contributed by atoms with Gasteiger partial charge >= 0.3 is 86.9 Å². The van der Waals surface area contributed by atoms with Crippen molar-refractivity contribution < 1.29 is 21.9 Å². The van der Waals surface area contributed by atoms with E-state index in [1.165, 1.54) is 12.8 Å². The van der Waals surface area contributed by atoms with Crippen molar-refractivity contribution in [1.82, 2.24) is 0 Å². The van der Waals surface area contributed by atoms with Crippen molar-refractivity contribution in [2.45, 2.75) is 17.9 Å². The maximum atomic E-state index is 5.13. The van der Waals surface area contributed by atoms with Gasteiger partial charge in [-0.05, 0) is 0 Å². The van der Waals surface area contributed by atoms with Gasteiger partial charge in [-0.1, -0.05) is 0 Å². The zero-order valence-electron chi connectivity index (χ0n) is 8.12. The predicted octanol–water partition coefficient (Wildman–Crippen LogP) is 2.23. The quantitative estimate of drug-likeness (QED) is 0.717. The summed E-state index contributed by atoms with van der Waals surface area (Å²) in [5.74, 6) is 2.10. The minimum absolute atomic E-state index is 0.398. The average Bonchev–Trinajstić information content (AvgIpc) is 2.99. The fraction of sp³-hybridized carbons (Fsp3) is 0.455. The summed E-state index contributed by atoms with van der Waals surface area (Å²) in [5, 5.41) is 1.55. The standard InChI is InChI=1S/C7H7O.C4H7.Zn/c1-8-7-5-3-2-4-6-7;1-4-2-3-4;/h3-6H,1H3;4H,1-3H2;. The third-order valence-corrected chi connectivity index (χ3v) is 7.22. The van der Waals surface area contributed by atoms with E-state index >= 15 is 0 Å². The Kier molecular flexibility index (Phi) is 3.00. The maximum absolute atomic E-state index is 5.13. The van der Waals surface area contributed by atoms with Crippen LogP contribution in [0.5, 0.6) is 5.75 Å². The van der Waals surface area contributed by atoms with Crippen molar-refractivity contribution in [2.24, 2.45) is 5.92 Å². The SMILES string of the molecule is COc1cc[c]([Zn][CH2]C2CC2)cc1. The Balaban J connectivity index is 1.88. The Hall–Kier alpha value is -0.357. The van der Waals surface area contributed by atoms with Crippen LogP contribution in [0.15, 0.2) is 24.3 Å². The number of hydrogen-bond donors (Lipinski definition) is 0. The zero-order valence-corrected chi connectivity index (χ0v) is 11.1. The molecule has 2 rings (SSSR count). The second-order valence-corrected chi connectivity index (χ2v) is 7.80. The summed E-state index contributed by atoms with van der Waals surface area (Å²) in [4.78, 5) is 0. The molecule has 1 aliphatic rings. The second-order valence-electron chi connectivity index (χ2n) is 3.83. The van der Waals surface area contributed by atoms with Gasteiger partial charge in [0.15, 0.2) is 0 Å². The summed E-state index contributed by atoms with van der Waals surface area (Å²) < 4.78 is 6.75. The first-order valence-corrected chi connectivity index (χ1v) is 8.59. The van der Waals surface area contributed by atoms with Gasteiger partial charge in [0.1, 0.15) is 0 Å². The molecule has 1 aromatic carbocycles. The molecule has 1 aliphatic carbocycles. The summed E-state index contributed by atoms with van der Waals surface area (Å²) >= 11 is -0.398. The molecule has 0 aromatic heterocycles. The van der Waals surface area contributed by atoms with Gasteiger partial charge < -0.3 is 0 Å². The number of rotatable bonds is 4. The first-order valence-electron chi connectivity index (χ1n) is 5.01. The monoisotopic (exact) mass is 226 g/mol. The van der Waals surface area contributed by atoms with Crippen molar-refractivity contribution in [3.8, 4) is 5.75 Å². The van der Waals surface area contributed by atoms with Gasteiger partial charge in [-0.3, -0.25) is 0 Å². The van der Waals surface area contributed by atoms with E-state index in [1.54, 1.807) is 16.3 Å². The van der Waals surface area contributed by atoms with Crippen molar-refractivity contribution in [1.29, 1.82) is 0 Å². The van der Waals surface area contributed by atoms with Gasteiger partial charge in [0.25, 0.3) is 0 Å². The fourth-order valence-corrected chi connectivity index (χ4v) is 5.53. The van der Waals surface area contributed by atoms with E-state index in [9.17, 15) is 0 Å². The molecule has 1 fully saturated rings. The number of benzene rings is 1. The van der Waals surface area contributed by atoms with Crippen LogP contribution < -0.4 is 8.89 Å². The molecule has 1 aromatic rings.